The number of fused-ring (bicyclic) bond motifs is 1. The predicted molar refractivity (Wildman–Crippen MR) is 82.6 cm³/mol. The van der Waals surface area contributed by atoms with Crippen molar-refractivity contribution >= 4 is 22.5 Å². The average Bonchev–Trinajstić information content (AvgIpc) is 2.54. The van der Waals surface area contributed by atoms with Crippen LogP contribution in [0, 0.1) is 11.6 Å². The van der Waals surface area contributed by atoms with Crippen molar-refractivity contribution in [3.8, 4) is 5.75 Å². The first-order valence-electron chi connectivity index (χ1n) is 6.78. The van der Waals surface area contributed by atoms with Crippen LogP contribution < -0.4 is 10.1 Å². The summed E-state index contributed by atoms with van der Waals surface area (Å²) >= 11 is 0. The van der Waals surface area contributed by atoms with Crippen molar-refractivity contribution in [2.75, 3.05) is 12.4 Å². The molecule has 1 amide bonds. The fourth-order valence-electron chi connectivity index (χ4n) is 2.27. The molecule has 0 radical (unpaired) electrons. The number of nitrogens with zero attached hydrogens (tertiary/aromatic N) is 1. The lowest BCUT2D eigenvalue weighted by atomic mass is 10.1. The van der Waals surface area contributed by atoms with E-state index in [0.29, 0.717) is 11.2 Å². The SMILES string of the molecule is COc1cc(F)c(C(=O)Nc2cccc3cccnc23)c(F)c1. The highest BCUT2D eigenvalue weighted by molar-refractivity contribution is 6.08. The second kappa shape index (κ2) is 6.00. The highest BCUT2D eigenvalue weighted by Crippen LogP contribution is 2.24. The van der Waals surface area contributed by atoms with Crippen LogP contribution in [0.1, 0.15) is 10.4 Å². The van der Waals surface area contributed by atoms with E-state index in [4.69, 9.17) is 4.74 Å². The number of hydrogen-bond donors (Lipinski definition) is 1. The number of halogens is 2. The summed E-state index contributed by atoms with van der Waals surface area (Å²) in [4.78, 5) is 16.4. The lowest BCUT2D eigenvalue weighted by Crippen LogP contribution is -2.16. The first kappa shape index (κ1) is 14.9. The van der Waals surface area contributed by atoms with Crippen LogP contribution in [0.3, 0.4) is 0 Å². The van der Waals surface area contributed by atoms with Crippen LogP contribution in [-0.4, -0.2) is 18.0 Å². The number of carbonyl (C=O) groups is 1. The lowest BCUT2D eigenvalue weighted by Gasteiger charge is -2.10. The van der Waals surface area contributed by atoms with Crippen LogP contribution in [0.15, 0.2) is 48.7 Å². The van der Waals surface area contributed by atoms with Gasteiger partial charge in [-0.1, -0.05) is 18.2 Å². The Hall–Kier alpha value is -3.02. The van der Waals surface area contributed by atoms with Crippen molar-refractivity contribution in [2.24, 2.45) is 0 Å². The Balaban J connectivity index is 1.99. The molecule has 0 aliphatic rings. The van der Waals surface area contributed by atoms with E-state index in [-0.39, 0.29) is 5.75 Å². The van der Waals surface area contributed by atoms with Crippen molar-refractivity contribution in [3.63, 3.8) is 0 Å². The first-order valence-corrected chi connectivity index (χ1v) is 6.78. The quantitative estimate of drug-likeness (QED) is 0.800. The molecule has 3 rings (SSSR count). The molecular formula is C17H12F2N2O2. The molecule has 3 aromatic rings. The van der Waals surface area contributed by atoms with E-state index in [9.17, 15) is 13.6 Å². The summed E-state index contributed by atoms with van der Waals surface area (Å²) in [5.41, 5.74) is 0.249. The minimum Gasteiger partial charge on any atom is -0.497 e. The van der Waals surface area contributed by atoms with Crippen molar-refractivity contribution in [3.05, 3.63) is 65.9 Å². The Morgan fingerprint density at radius 3 is 2.52 bits per heavy atom. The molecule has 0 aliphatic carbocycles. The number of hydrogen-bond acceptors (Lipinski definition) is 3. The van der Waals surface area contributed by atoms with Crippen LogP contribution in [0.4, 0.5) is 14.5 Å². The van der Waals surface area contributed by atoms with Gasteiger partial charge in [0.15, 0.2) is 0 Å². The maximum atomic E-state index is 14.0. The second-order valence-electron chi connectivity index (χ2n) is 4.80. The molecule has 1 N–H and O–H groups in total. The van der Waals surface area contributed by atoms with Crippen LogP contribution in [0.25, 0.3) is 10.9 Å². The van der Waals surface area contributed by atoms with Crippen molar-refractivity contribution in [1.29, 1.82) is 0 Å². The zero-order valence-electron chi connectivity index (χ0n) is 12.1. The topological polar surface area (TPSA) is 51.2 Å². The third-order valence-electron chi connectivity index (χ3n) is 3.36. The van der Waals surface area contributed by atoms with Gasteiger partial charge >= 0.3 is 0 Å². The van der Waals surface area contributed by atoms with Crippen LogP contribution in [0.5, 0.6) is 5.75 Å². The summed E-state index contributed by atoms with van der Waals surface area (Å²) < 4.78 is 32.7. The molecule has 6 heteroatoms. The van der Waals surface area contributed by atoms with Gasteiger partial charge in [0.25, 0.3) is 5.91 Å². The predicted octanol–water partition coefficient (Wildman–Crippen LogP) is 3.77. The normalized spacial score (nSPS) is 10.6. The molecule has 0 unspecified atom stereocenters. The smallest absolute Gasteiger partial charge is 0.261 e. The fraction of sp³-hybridized carbons (Fsp3) is 0.0588. The van der Waals surface area contributed by atoms with Gasteiger partial charge in [0, 0.05) is 23.7 Å². The molecule has 0 fully saturated rings. The molecule has 0 spiro atoms. The maximum Gasteiger partial charge on any atom is 0.261 e. The van der Waals surface area contributed by atoms with E-state index < -0.39 is 23.1 Å². The monoisotopic (exact) mass is 314 g/mol. The van der Waals surface area contributed by atoms with Crippen LogP contribution in [0.2, 0.25) is 0 Å². The molecule has 0 atom stereocenters. The fourth-order valence-corrected chi connectivity index (χ4v) is 2.27. The maximum absolute atomic E-state index is 14.0. The first-order chi connectivity index (χ1) is 11.1. The molecule has 4 nitrogen and oxygen atoms in total. The number of nitrogens with one attached hydrogen (secondary N) is 1. The van der Waals surface area contributed by atoms with Gasteiger partial charge in [-0.2, -0.15) is 0 Å². The number of ether oxygens (including phenoxy) is 1. The Kier molecular flexibility index (Phi) is 3.89. The van der Waals surface area contributed by atoms with E-state index in [1.54, 1.807) is 24.4 Å². The zero-order chi connectivity index (χ0) is 16.4. The highest BCUT2D eigenvalue weighted by atomic mass is 19.1. The van der Waals surface area contributed by atoms with Crippen LogP contribution >= 0.6 is 0 Å². The summed E-state index contributed by atoms with van der Waals surface area (Å²) in [5.74, 6) is -2.87. The number of rotatable bonds is 3. The lowest BCUT2D eigenvalue weighted by molar-refractivity contribution is 0.101. The molecule has 0 saturated heterocycles. The number of anilines is 1. The Bertz CT molecular complexity index is 868. The van der Waals surface area contributed by atoms with Gasteiger partial charge in [-0.15, -0.1) is 0 Å². The number of carbonyl (C=O) groups excluding carboxylic acids is 1. The van der Waals surface area contributed by atoms with Gasteiger partial charge < -0.3 is 10.1 Å². The molecule has 1 aromatic heterocycles. The third-order valence-corrected chi connectivity index (χ3v) is 3.36. The zero-order valence-corrected chi connectivity index (χ0v) is 12.1. The molecule has 23 heavy (non-hydrogen) atoms. The van der Waals surface area contributed by atoms with Gasteiger partial charge in [0.1, 0.15) is 22.9 Å². The van der Waals surface area contributed by atoms with Crippen molar-refractivity contribution in [1.82, 2.24) is 4.98 Å². The molecule has 116 valence electrons. The summed E-state index contributed by atoms with van der Waals surface area (Å²) in [5, 5.41) is 3.30. The standard InChI is InChI=1S/C17H12F2N2O2/c1-23-11-8-12(18)15(13(19)9-11)17(22)21-14-6-2-4-10-5-3-7-20-16(10)14/h2-9H,1H3,(H,21,22). The van der Waals surface area contributed by atoms with Gasteiger partial charge in [-0.25, -0.2) is 8.78 Å². The number of amides is 1. The molecule has 1 heterocycles. The van der Waals surface area contributed by atoms with Gasteiger partial charge in [0.2, 0.25) is 0 Å². The molecule has 0 saturated carbocycles. The Morgan fingerprint density at radius 1 is 1.13 bits per heavy atom. The van der Waals surface area contributed by atoms with Crippen LogP contribution in [-0.2, 0) is 0 Å². The summed E-state index contributed by atoms with van der Waals surface area (Å²) in [6.07, 6.45) is 1.58. The minimum atomic E-state index is -0.993. The van der Waals surface area contributed by atoms with E-state index in [1.807, 2.05) is 12.1 Å². The summed E-state index contributed by atoms with van der Waals surface area (Å²) in [6.45, 7) is 0. The van der Waals surface area contributed by atoms with Gasteiger partial charge in [-0.3, -0.25) is 9.78 Å². The number of methoxy groups -OCH3 is 1. The van der Waals surface area contributed by atoms with E-state index in [1.165, 1.54) is 7.11 Å². The number of pyridine rings is 1. The number of benzene rings is 2. The Morgan fingerprint density at radius 2 is 1.83 bits per heavy atom. The highest BCUT2D eigenvalue weighted by Gasteiger charge is 2.20. The van der Waals surface area contributed by atoms with E-state index in [0.717, 1.165) is 17.5 Å². The summed E-state index contributed by atoms with van der Waals surface area (Å²) in [7, 11) is 1.29. The third kappa shape index (κ3) is 2.83. The van der Waals surface area contributed by atoms with Gasteiger partial charge in [0.05, 0.1) is 18.3 Å². The summed E-state index contributed by atoms with van der Waals surface area (Å²) in [6, 6.07) is 10.7. The second-order valence-corrected chi connectivity index (χ2v) is 4.80. The largest absolute Gasteiger partial charge is 0.497 e. The van der Waals surface area contributed by atoms with Crippen molar-refractivity contribution in [2.45, 2.75) is 0 Å². The number of aromatic nitrogens is 1. The molecule has 0 aliphatic heterocycles. The van der Waals surface area contributed by atoms with Gasteiger partial charge in [-0.05, 0) is 12.1 Å². The number of para-hydroxylation sites is 1. The average molecular weight is 314 g/mol. The van der Waals surface area contributed by atoms with E-state index in [2.05, 4.69) is 10.3 Å². The van der Waals surface area contributed by atoms with E-state index >= 15 is 0 Å². The molecule has 0 bridgehead atoms. The molecular weight excluding hydrogens is 302 g/mol. The Labute approximate surface area is 130 Å². The van der Waals surface area contributed by atoms with Crippen molar-refractivity contribution < 1.29 is 18.3 Å². The minimum absolute atomic E-state index is 0.00313. The molecule has 2 aromatic carbocycles.